The Morgan fingerprint density at radius 1 is 0.887 bits per heavy atom. The zero-order chi connectivity index (χ0) is 38.2. The van der Waals surface area contributed by atoms with Gasteiger partial charge < -0.3 is 15.3 Å². The summed E-state index contributed by atoms with van der Waals surface area (Å²) in [6.45, 7) is 7.67. The molecule has 6 rings (SSSR count). The Labute approximate surface area is 307 Å². The molecule has 2 aromatic heterocycles. The van der Waals surface area contributed by atoms with Crippen LogP contribution in [-0.2, 0) is 27.6 Å². The lowest BCUT2D eigenvalue weighted by Gasteiger charge is -2.38. The third-order valence-electron chi connectivity index (χ3n) is 9.16. The third kappa shape index (κ3) is 8.30. The lowest BCUT2D eigenvalue weighted by molar-refractivity contribution is -0.153. The van der Waals surface area contributed by atoms with Crippen molar-refractivity contribution < 1.29 is 37.1 Å². The summed E-state index contributed by atoms with van der Waals surface area (Å²) in [6, 6.07) is 17.9. The number of alkyl halides is 3. The Morgan fingerprint density at radius 2 is 1.51 bits per heavy atom. The summed E-state index contributed by atoms with van der Waals surface area (Å²) >= 11 is 1.36. The molecule has 2 amide bonds. The summed E-state index contributed by atoms with van der Waals surface area (Å²) in [4.78, 5) is 49.9. The molecule has 0 unspecified atom stereocenters. The third-order valence-corrected chi connectivity index (χ3v) is 10.7. The summed E-state index contributed by atoms with van der Waals surface area (Å²) in [5.74, 6) is -2.57. The molecule has 0 bridgehead atoms. The number of aromatic nitrogens is 2. The highest BCUT2D eigenvalue weighted by Gasteiger charge is 2.39. The molecule has 1 fully saturated rings. The number of thiophene rings is 1. The fraction of sp³-hybridized carbons (Fsp3) is 0.275. The SMILES string of the molecule is Cc1cc(-c2ccc(-c3cnc(-c4ccc(C[C@H](NC(=O)c5ccc(C(C)(C)C)s5)C(=O)N5CC(C(=O)O)C5)cc4)nc3)c(F)c2)ccc1C(F)(F)F. The van der Waals surface area contributed by atoms with Crippen LogP contribution in [0.4, 0.5) is 17.6 Å². The van der Waals surface area contributed by atoms with Crippen LogP contribution in [0.5, 0.6) is 0 Å². The molecule has 3 aromatic carbocycles. The highest BCUT2D eigenvalue weighted by molar-refractivity contribution is 7.14. The van der Waals surface area contributed by atoms with Gasteiger partial charge in [-0.15, -0.1) is 11.3 Å². The van der Waals surface area contributed by atoms with Crippen molar-refractivity contribution in [2.75, 3.05) is 13.1 Å². The number of carbonyl (C=O) groups is 3. The number of aliphatic carboxylic acids is 1. The molecule has 5 aromatic rings. The van der Waals surface area contributed by atoms with E-state index in [0.29, 0.717) is 33.0 Å². The number of carboxylic acid groups (broad SMARTS) is 1. The number of halogens is 4. The van der Waals surface area contributed by atoms with Gasteiger partial charge >= 0.3 is 12.1 Å². The van der Waals surface area contributed by atoms with Gasteiger partial charge in [0.1, 0.15) is 11.9 Å². The van der Waals surface area contributed by atoms with Crippen LogP contribution in [0.15, 0.2) is 85.2 Å². The molecule has 0 saturated carbocycles. The Bertz CT molecular complexity index is 2170. The summed E-state index contributed by atoms with van der Waals surface area (Å²) < 4.78 is 54.8. The van der Waals surface area contributed by atoms with Gasteiger partial charge in [-0.3, -0.25) is 14.4 Å². The van der Waals surface area contributed by atoms with Crippen LogP contribution in [0.2, 0.25) is 0 Å². The van der Waals surface area contributed by atoms with E-state index in [9.17, 15) is 32.7 Å². The van der Waals surface area contributed by atoms with Gasteiger partial charge in [0.15, 0.2) is 5.82 Å². The van der Waals surface area contributed by atoms with E-state index in [-0.39, 0.29) is 47.9 Å². The van der Waals surface area contributed by atoms with Crippen molar-refractivity contribution in [3.8, 4) is 33.6 Å². The van der Waals surface area contributed by atoms with Crippen LogP contribution < -0.4 is 5.32 Å². The van der Waals surface area contributed by atoms with Crippen LogP contribution in [0.25, 0.3) is 33.6 Å². The minimum atomic E-state index is -4.47. The monoisotopic (exact) mass is 744 g/mol. The number of aryl methyl sites for hydroxylation is 1. The van der Waals surface area contributed by atoms with Crippen LogP contribution in [0.3, 0.4) is 0 Å². The largest absolute Gasteiger partial charge is 0.481 e. The predicted molar refractivity (Wildman–Crippen MR) is 194 cm³/mol. The number of carboxylic acids is 1. The van der Waals surface area contributed by atoms with Gasteiger partial charge in [-0.1, -0.05) is 69.3 Å². The van der Waals surface area contributed by atoms with E-state index < -0.39 is 35.5 Å². The second-order valence-corrected chi connectivity index (χ2v) is 15.2. The number of benzene rings is 3. The minimum Gasteiger partial charge on any atom is -0.481 e. The van der Waals surface area contributed by atoms with Crippen molar-refractivity contribution in [2.24, 2.45) is 5.92 Å². The van der Waals surface area contributed by atoms with Gasteiger partial charge in [0.05, 0.1) is 16.4 Å². The summed E-state index contributed by atoms with van der Waals surface area (Å²) in [7, 11) is 0. The normalized spacial score (nSPS) is 14.1. The number of carbonyl (C=O) groups excluding carboxylic acids is 2. The van der Waals surface area contributed by atoms with E-state index >= 15 is 4.39 Å². The molecular formula is C40H36F4N4O4S. The van der Waals surface area contributed by atoms with E-state index in [4.69, 9.17) is 0 Å². The highest BCUT2D eigenvalue weighted by Crippen LogP contribution is 2.35. The molecule has 53 heavy (non-hydrogen) atoms. The fourth-order valence-electron chi connectivity index (χ4n) is 6.06. The van der Waals surface area contributed by atoms with E-state index in [2.05, 4.69) is 36.1 Å². The molecule has 1 aliphatic rings. The van der Waals surface area contributed by atoms with E-state index in [1.807, 2.05) is 6.07 Å². The summed E-state index contributed by atoms with van der Waals surface area (Å²) in [6.07, 6.45) is -1.35. The van der Waals surface area contributed by atoms with Gasteiger partial charge in [0, 0.05) is 53.5 Å². The number of hydrogen-bond acceptors (Lipinski definition) is 6. The lowest BCUT2D eigenvalue weighted by Crippen LogP contribution is -2.59. The standard InChI is InChI=1S/C40H36F4N4O4S/c1-22-15-25(10-12-30(22)40(42,43)44)26-9-11-29(31(41)17-26)27-18-45-35(46-19-27)24-7-5-23(6-8-24)16-32(37(50)48-20-28(21-48)38(51)52)47-36(49)33-13-14-34(53-33)39(2,3)4/h5-15,17-19,28,32H,16,20-21H2,1-4H3,(H,47,49)(H,51,52)/t32-/m0/s1. The fourth-order valence-corrected chi connectivity index (χ4v) is 7.03. The van der Waals surface area contributed by atoms with Crippen molar-refractivity contribution in [3.05, 3.63) is 117 Å². The first-order chi connectivity index (χ1) is 25.0. The highest BCUT2D eigenvalue weighted by atomic mass is 32.1. The first-order valence-corrected chi connectivity index (χ1v) is 17.6. The molecule has 3 heterocycles. The minimum absolute atomic E-state index is 0.0443. The second-order valence-electron chi connectivity index (χ2n) is 14.1. The number of nitrogens with one attached hydrogen (secondary N) is 1. The first-order valence-electron chi connectivity index (χ1n) is 16.8. The van der Waals surface area contributed by atoms with Gasteiger partial charge in [-0.05, 0) is 58.9 Å². The van der Waals surface area contributed by atoms with E-state index in [1.54, 1.807) is 36.4 Å². The smallest absolute Gasteiger partial charge is 0.416 e. The maximum atomic E-state index is 15.3. The Balaban J connectivity index is 1.15. The first kappa shape index (κ1) is 37.3. The van der Waals surface area contributed by atoms with Crippen molar-refractivity contribution in [2.45, 2.75) is 51.7 Å². The number of likely N-dealkylation sites (tertiary alicyclic amines) is 1. The number of nitrogens with zero attached hydrogens (tertiary/aromatic N) is 3. The molecule has 1 aliphatic heterocycles. The topological polar surface area (TPSA) is 112 Å². The molecule has 2 N–H and O–H groups in total. The summed E-state index contributed by atoms with van der Waals surface area (Å²) in [5, 5.41) is 12.2. The molecule has 13 heteroatoms. The molecule has 1 saturated heterocycles. The Kier molecular flexibility index (Phi) is 10.2. The predicted octanol–water partition coefficient (Wildman–Crippen LogP) is 8.19. The average molecular weight is 745 g/mol. The van der Waals surface area contributed by atoms with Gasteiger partial charge in [-0.2, -0.15) is 13.2 Å². The molecule has 0 aliphatic carbocycles. The maximum Gasteiger partial charge on any atom is 0.416 e. The molecule has 274 valence electrons. The summed E-state index contributed by atoms with van der Waals surface area (Å²) in [5.41, 5.74) is 2.08. The Morgan fingerprint density at radius 3 is 2.08 bits per heavy atom. The lowest BCUT2D eigenvalue weighted by atomic mass is 9.95. The molecule has 1 atom stereocenters. The zero-order valence-corrected chi connectivity index (χ0v) is 30.1. The van der Waals surface area contributed by atoms with Gasteiger partial charge in [0.2, 0.25) is 5.91 Å². The second kappa shape index (κ2) is 14.5. The molecular weight excluding hydrogens is 709 g/mol. The zero-order valence-electron chi connectivity index (χ0n) is 29.3. The van der Waals surface area contributed by atoms with Crippen molar-refractivity contribution in [1.82, 2.24) is 20.2 Å². The van der Waals surface area contributed by atoms with E-state index in [1.165, 1.54) is 59.8 Å². The van der Waals surface area contributed by atoms with Crippen LogP contribution >= 0.6 is 11.3 Å². The Hall–Kier alpha value is -5.43. The van der Waals surface area contributed by atoms with Crippen molar-refractivity contribution in [3.63, 3.8) is 0 Å². The van der Waals surface area contributed by atoms with Crippen LogP contribution in [-0.4, -0.2) is 56.9 Å². The van der Waals surface area contributed by atoms with Gasteiger partial charge in [0.25, 0.3) is 5.91 Å². The average Bonchev–Trinajstić information content (AvgIpc) is 3.59. The quantitative estimate of drug-likeness (QED) is 0.147. The van der Waals surface area contributed by atoms with Crippen LogP contribution in [0.1, 0.15) is 52.0 Å². The molecule has 0 spiro atoms. The number of amides is 2. The maximum absolute atomic E-state index is 15.3. The number of hydrogen-bond donors (Lipinski definition) is 2. The van der Waals surface area contributed by atoms with Gasteiger partial charge in [-0.25, -0.2) is 14.4 Å². The van der Waals surface area contributed by atoms with Crippen LogP contribution in [0, 0.1) is 18.7 Å². The van der Waals surface area contributed by atoms with Crippen molar-refractivity contribution in [1.29, 1.82) is 0 Å². The van der Waals surface area contributed by atoms with E-state index in [0.717, 1.165) is 16.5 Å². The number of rotatable bonds is 9. The van der Waals surface area contributed by atoms with Crippen molar-refractivity contribution >= 4 is 29.1 Å². The molecule has 0 radical (unpaired) electrons. The molecule has 8 nitrogen and oxygen atoms in total.